The third-order valence-electron chi connectivity index (χ3n) is 3.58. The van der Waals surface area contributed by atoms with E-state index in [0.717, 1.165) is 12.0 Å². The van der Waals surface area contributed by atoms with E-state index in [1.165, 1.54) is 0 Å². The Hall–Kier alpha value is -3.14. The topological polar surface area (TPSA) is 102 Å². The van der Waals surface area contributed by atoms with Crippen LogP contribution in [0, 0.1) is 11.3 Å². The van der Waals surface area contributed by atoms with Gasteiger partial charge in [-0.3, -0.25) is 0 Å². The number of nitrogen functional groups attached to an aromatic ring is 1. The molecule has 1 heterocycles. The number of nitrogens with zero attached hydrogens (tertiary/aromatic N) is 2. The predicted molar refractivity (Wildman–Crippen MR) is 96.3 cm³/mol. The normalized spacial score (nSPS) is 10.0. The Kier molecular flexibility index (Phi) is 6.29. The molecule has 0 aliphatic rings. The van der Waals surface area contributed by atoms with Crippen LogP contribution in [0.1, 0.15) is 18.1 Å². The summed E-state index contributed by atoms with van der Waals surface area (Å²) in [7, 11) is 3.22. The second-order valence-corrected chi connectivity index (χ2v) is 5.19. The zero-order valence-electron chi connectivity index (χ0n) is 14.6. The minimum atomic E-state index is 0.249. The van der Waals surface area contributed by atoms with Crippen molar-refractivity contribution in [3.05, 3.63) is 35.4 Å². The summed E-state index contributed by atoms with van der Waals surface area (Å²) in [5.74, 6) is 2.21. The predicted octanol–water partition coefficient (Wildman–Crippen LogP) is 2.61. The molecule has 7 heteroatoms. The second-order valence-electron chi connectivity index (χ2n) is 5.19. The largest absolute Gasteiger partial charge is 0.493 e. The van der Waals surface area contributed by atoms with Crippen molar-refractivity contribution in [1.82, 2.24) is 4.98 Å². The Labute approximate surface area is 147 Å². The first-order valence-electron chi connectivity index (χ1n) is 7.91. The lowest BCUT2D eigenvalue weighted by atomic mass is 10.1. The number of hydrogen-bond donors (Lipinski definition) is 2. The Morgan fingerprint density at radius 3 is 2.60 bits per heavy atom. The first-order chi connectivity index (χ1) is 12.1. The van der Waals surface area contributed by atoms with Crippen molar-refractivity contribution in [3.63, 3.8) is 0 Å². The summed E-state index contributed by atoms with van der Waals surface area (Å²) in [4.78, 5) is 4.31. The Morgan fingerprint density at radius 2 is 1.96 bits per heavy atom. The van der Waals surface area contributed by atoms with E-state index in [1.807, 2.05) is 31.2 Å². The highest BCUT2D eigenvalue weighted by Gasteiger charge is 2.11. The van der Waals surface area contributed by atoms with Gasteiger partial charge < -0.3 is 25.3 Å². The van der Waals surface area contributed by atoms with Gasteiger partial charge in [0.15, 0.2) is 11.5 Å². The molecule has 0 amide bonds. The number of ether oxygens (including phenoxy) is 3. The van der Waals surface area contributed by atoms with Crippen LogP contribution in [0.5, 0.6) is 17.4 Å². The molecule has 0 unspecified atom stereocenters. The van der Waals surface area contributed by atoms with Crippen molar-refractivity contribution in [2.45, 2.75) is 13.3 Å². The van der Waals surface area contributed by atoms with E-state index < -0.39 is 0 Å². The molecule has 25 heavy (non-hydrogen) atoms. The molecule has 0 spiro atoms. The molecule has 0 radical (unpaired) electrons. The highest BCUT2D eigenvalue weighted by atomic mass is 16.5. The van der Waals surface area contributed by atoms with Crippen LogP contribution in [0.15, 0.2) is 24.3 Å². The number of benzene rings is 1. The van der Waals surface area contributed by atoms with Crippen LogP contribution in [0.4, 0.5) is 11.5 Å². The molecule has 0 bridgehead atoms. The molecular formula is C18H22N4O3. The Balaban J connectivity index is 2.06. The maximum Gasteiger partial charge on any atom is 0.235 e. The molecule has 0 atom stereocenters. The molecule has 1 aromatic carbocycles. The fraction of sp³-hybridized carbons (Fsp3) is 0.333. The Bertz CT molecular complexity index is 772. The zero-order chi connectivity index (χ0) is 18.2. The minimum absolute atomic E-state index is 0.249. The van der Waals surface area contributed by atoms with Gasteiger partial charge in [-0.15, -0.1) is 0 Å². The quantitative estimate of drug-likeness (QED) is 0.760. The van der Waals surface area contributed by atoms with Crippen LogP contribution in [0.3, 0.4) is 0 Å². The standard InChI is InChI=1S/C18H22N4O3/c1-4-25-18-13(11-19)14(20)10-17(22-18)21-8-7-12-5-6-15(23-2)16(9-12)24-3/h5-6,9-10H,4,7-8H2,1-3H3,(H3,20,21,22). The van der Waals surface area contributed by atoms with E-state index in [0.29, 0.717) is 36.2 Å². The first-order valence-corrected chi connectivity index (χ1v) is 7.91. The number of methoxy groups -OCH3 is 2. The Morgan fingerprint density at radius 1 is 1.20 bits per heavy atom. The number of anilines is 2. The van der Waals surface area contributed by atoms with Gasteiger partial charge in [-0.05, 0) is 31.0 Å². The van der Waals surface area contributed by atoms with Crippen LogP contribution >= 0.6 is 0 Å². The highest BCUT2D eigenvalue weighted by molar-refractivity contribution is 5.64. The van der Waals surface area contributed by atoms with Crippen molar-refractivity contribution in [2.24, 2.45) is 0 Å². The summed E-state index contributed by atoms with van der Waals surface area (Å²) >= 11 is 0. The van der Waals surface area contributed by atoms with E-state index in [9.17, 15) is 0 Å². The summed E-state index contributed by atoms with van der Waals surface area (Å²) in [5.41, 5.74) is 7.60. The lowest BCUT2D eigenvalue weighted by Gasteiger charge is -2.12. The number of aromatic nitrogens is 1. The summed E-state index contributed by atoms with van der Waals surface area (Å²) in [6.45, 7) is 2.88. The third kappa shape index (κ3) is 4.44. The van der Waals surface area contributed by atoms with Crippen molar-refractivity contribution in [3.8, 4) is 23.4 Å². The smallest absolute Gasteiger partial charge is 0.235 e. The van der Waals surface area contributed by atoms with Crippen LogP contribution in [0.25, 0.3) is 0 Å². The summed E-state index contributed by atoms with van der Waals surface area (Å²) in [6.07, 6.45) is 0.756. The SMILES string of the molecule is CCOc1nc(NCCc2ccc(OC)c(OC)c2)cc(N)c1C#N. The van der Waals surface area contributed by atoms with Gasteiger partial charge in [0.1, 0.15) is 17.5 Å². The van der Waals surface area contributed by atoms with Gasteiger partial charge in [0.25, 0.3) is 0 Å². The van der Waals surface area contributed by atoms with Gasteiger partial charge in [0, 0.05) is 12.6 Å². The maximum atomic E-state index is 9.14. The number of nitrogens with two attached hydrogens (primary N) is 1. The molecule has 7 nitrogen and oxygen atoms in total. The molecule has 0 saturated carbocycles. The lowest BCUT2D eigenvalue weighted by molar-refractivity contribution is 0.326. The van der Waals surface area contributed by atoms with Gasteiger partial charge in [-0.1, -0.05) is 6.07 Å². The second kappa shape index (κ2) is 8.64. The van der Waals surface area contributed by atoms with E-state index in [4.69, 9.17) is 25.2 Å². The number of nitriles is 1. The summed E-state index contributed by atoms with van der Waals surface area (Å²) in [5, 5.41) is 12.3. The van der Waals surface area contributed by atoms with Crippen molar-refractivity contribution < 1.29 is 14.2 Å². The molecule has 1 aromatic heterocycles. The average molecular weight is 342 g/mol. The van der Waals surface area contributed by atoms with Gasteiger partial charge in [-0.2, -0.15) is 10.2 Å². The highest BCUT2D eigenvalue weighted by Crippen LogP contribution is 2.28. The van der Waals surface area contributed by atoms with Crippen molar-refractivity contribution in [2.75, 3.05) is 38.4 Å². The van der Waals surface area contributed by atoms with Crippen molar-refractivity contribution in [1.29, 1.82) is 5.26 Å². The molecule has 0 saturated heterocycles. The van der Waals surface area contributed by atoms with Crippen LogP contribution in [-0.4, -0.2) is 32.4 Å². The summed E-state index contributed by atoms with van der Waals surface area (Å²) < 4.78 is 15.9. The fourth-order valence-corrected chi connectivity index (χ4v) is 2.36. The summed E-state index contributed by atoms with van der Waals surface area (Å²) in [6, 6.07) is 9.44. The fourth-order valence-electron chi connectivity index (χ4n) is 2.36. The van der Waals surface area contributed by atoms with Crippen LogP contribution in [-0.2, 0) is 6.42 Å². The number of hydrogen-bond acceptors (Lipinski definition) is 7. The number of pyridine rings is 1. The van der Waals surface area contributed by atoms with Crippen LogP contribution < -0.4 is 25.3 Å². The van der Waals surface area contributed by atoms with E-state index in [2.05, 4.69) is 10.3 Å². The third-order valence-corrected chi connectivity index (χ3v) is 3.58. The van der Waals surface area contributed by atoms with Crippen molar-refractivity contribution >= 4 is 11.5 Å². The van der Waals surface area contributed by atoms with Gasteiger partial charge in [0.05, 0.1) is 26.5 Å². The molecule has 2 rings (SSSR count). The lowest BCUT2D eigenvalue weighted by Crippen LogP contribution is -2.09. The van der Waals surface area contributed by atoms with E-state index >= 15 is 0 Å². The molecule has 3 N–H and O–H groups in total. The zero-order valence-corrected chi connectivity index (χ0v) is 14.6. The first kappa shape index (κ1) is 18.2. The molecule has 132 valence electrons. The van der Waals surface area contributed by atoms with Gasteiger partial charge in [0.2, 0.25) is 5.88 Å². The molecule has 0 fully saturated rings. The molecule has 2 aromatic rings. The van der Waals surface area contributed by atoms with Crippen LogP contribution in [0.2, 0.25) is 0 Å². The number of nitrogens with one attached hydrogen (secondary N) is 1. The number of rotatable bonds is 8. The average Bonchev–Trinajstić information content (AvgIpc) is 2.61. The van der Waals surface area contributed by atoms with E-state index in [1.54, 1.807) is 20.3 Å². The van der Waals surface area contributed by atoms with Gasteiger partial charge >= 0.3 is 0 Å². The molecule has 0 aliphatic heterocycles. The van der Waals surface area contributed by atoms with Gasteiger partial charge in [-0.25, -0.2) is 0 Å². The van der Waals surface area contributed by atoms with E-state index in [-0.39, 0.29) is 11.4 Å². The monoisotopic (exact) mass is 342 g/mol. The maximum absolute atomic E-state index is 9.14. The minimum Gasteiger partial charge on any atom is -0.493 e. The molecular weight excluding hydrogens is 320 g/mol. The molecule has 0 aliphatic carbocycles.